The van der Waals surface area contributed by atoms with Crippen molar-refractivity contribution in [1.29, 1.82) is 0 Å². The summed E-state index contributed by atoms with van der Waals surface area (Å²) in [5, 5.41) is 3.42. The van der Waals surface area contributed by atoms with Crippen LogP contribution in [0, 0.1) is 17.8 Å². The molecule has 1 saturated carbocycles. The first kappa shape index (κ1) is 14.4. The first-order valence-electron chi connectivity index (χ1n) is 7.05. The van der Waals surface area contributed by atoms with Crippen LogP contribution in [0.5, 0.6) is 0 Å². The molecule has 0 aromatic rings. The van der Waals surface area contributed by atoms with E-state index in [0.29, 0.717) is 0 Å². The fourth-order valence-corrected chi connectivity index (χ4v) is 3.07. The summed E-state index contributed by atoms with van der Waals surface area (Å²) >= 11 is 4.19. The quantitative estimate of drug-likeness (QED) is 0.513. The van der Waals surface area contributed by atoms with E-state index in [-0.39, 0.29) is 0 Å². The van der Waals surface area contributed by atoms with Gasteiger partial charge in [-0.3, -0.25) is 0 Å². The largest absolute Gasteiger partial charge is 0.316 e. The highest BCUT2D eigenvalue weighted by Gasteiger charge is 2.24. The molecule has 2 heteroatoms. The van der Waals surface area contributed by atoms with E-state index in [0.717, 1.165) is 30.1 Å². The number of nitrogens with one attached hydrogen (secondary N) is 1. The van der Waals surface area contributed by atoms with Crippen LogP contribution in [0.4, 0.5) is 0 Å². The van der Waals surface area contributed by atoms with E-state index in [2.05, 4.69) is 31.8 Å². The molecule has 0 aromatic heterocycles. The van der Waals surface area contributed by atoms with Gasteiger partial charge in [0.1, 0.15) is 0 Å². The number of hydrogen-bond donors (Lipinski definition) is 2. The zero-order valence-corrected chi connectivity index (χ0v) is 11.9. The Morgan fingerprint density at radius 1 is 1.12 bits per heavy atom. The van der Waals surface area contributed by atoms with Crippen molar-refractivity contribution < 1.29 is 0 Å². The minimum absolute atomic E-state index is 0.956. The second kappa shape index (κ2) is 8.41. The van der Waals surface area contributed by atoms with Crippen LogP contribution < -0.4 is 5.32 Å². The SMILES string of the molecule is C[C@H]1CC[C@@H](C)[C@@H](CCCCNCCS)C1. The Hall–Kier alpha value is 0.310. The Bertz CT molecular complexity index is 172. The van der Waals surface area contributed by atoms with Crippen LogP contribution in [-0.2, 0) is 0 Å². The van der Waals surface area contributed by atoms with Crippen molar-refractivity contribution >= 4 is 12.6 Å². The molecule has 1 aliphatic rings. The predicted octanol–water partition coefficient (Wildman–Crippen LogP) is 3.75. The maximum atomic E-state index is 4.19. The molecule has 3 atom stereocenters. The lowest BCUT2D eigenvalue weighted by atomic mass is 9.73. The van der Waals surface area contributed by atoms with Gasteiger partial charge in [-0.1, -0.05) is 39.5 Å². The van der Waals surface area contributed by atoms with Crippen molar-refractivity contribution in [1.82, 2.24) is 5.32 Å². The first-order valence-corrected chi connectivity index (χ1v) is 7.69. The average molecular weight is 243 g/mol. The average Bonchev–Trinajstić information content (AvgIpc) is 2.28. The Labute approximate surface area is 107 Å². The van der Waals surface area contributed by atoms with Crippen molar-refractivity contribution in [3.8, 4) is 0 Å². The maximum Gasteiger partial charge on any atom is 0.00397 e. The Kier molecular flexibility index (Phi) is 7.55. The van der Waals surface area contributed by atoms with Crippen LogP contribution in [0.15, 0.2) is 0 Å². The highest BCUT2D eigenvalue weighted by atomic mass is 32.1. The van der Waals surface area contributed by atoms with Gasteiger partial charge in [0.25, 0.3) is 0 Å². The molecule has 16 heavy (non-hydrogen) atoms. The van der Waals surface area contributed by atoms with E-state index in [9.17, 15) is 0 Å². The van der Waals surface area contributed by atoms with Crippen LogP contribution >= 0.6 is 12.6 Å². The number of unbranched alkanes of at least 4 members (excludes halogenated alkanes) is 1. The molecule has 0 radical (unpaired) electrons. The molecule has 0 heterocycles. The summed E-state index contributed by atoms with van der Waals surface area (Å²) in [6.45, 7) is 7.11. The first-order chi connectivity index (χ1) is 7.74. The lowest BCUT2D eigenvalue weighted by Crippen LogP contribution is -2.22. The van der Waals surface area contributed by atoms with Gasteiger partial charge in [-0.25, -0.2) is 0 Å². The number of hydrogen-bond acceptors (Lipinski definition) is 2. The normalized spacial score (nSPS) is 30.6. The van der Waals surface area contributed by atoms with Crippen LogP contribution in [-0.4, -0.2) is 18.8 Å². The molecule has 1 fully saturated rings. The van der Waals surface area contributed by atoms with E-state index in [4.69, 9.17) is 0 Å². The molecule has 1 nitrogen and oxygen atoms in total. The highest BCUT2D eigenvalue weighted by molar-refractivity contribution is 7.80. The van der Waals surface area contributed by atoms with Gasteiger partial charge in [0, 0.05) is 12.3 Å². The van der Waals surface area contributed by atoms with Crippen molar-refractivity contribution in [2.24, 2.45) is 17.8 Å². The highest BCUT2D eigenvalue weighted by Crippen LogP contribution is 2.36. The molecule has 1 aliphatic carbocycles. The molecule has 0 aliphatic heterocycles. The summed E-state index contributed by atoms with van der Waals surface area (Å²) in [5.74, 6) is 3.91. The van der Waals surface area contributed by atoms with E-state index in [1.54, 1.807) is 0 Å². The van der Waals surface area contributed by atoms with Gasteiger partial charge in [-0.15, -0.1) is 0 Å². The molecule has 1 rings (SSSR count). The Morgan fingerprint density at radius 3 is 2.69 bits per heavy atom. The zero-order chi connectivity index (χ0) is 11.8. The number of rotatable bonds is 7. The molecule has 0 unspecified atom stereocenters. The van der Waals surface area contributed by atoms with Crippen LogP contribution in [0.2, 0.25) is 0 Å². The number of thiol groups is 1. The lowest BCUT2D eigenvalue weighted by molar-refractivity contribution is 0.189. The summed E-state index contributed by atoms with van der Waals surface area (Å²) in [7, 11) is 0. The van der Waals surface area contributed by atoms with Crippen LogP contribution in [0.3, 0.4) is 0 Å². The van der Waals surface area contributed by atoms with Gasteiger partial charge in [0.15, 0.2) is 0 Å². The third kappa shape index (κ3) is 5.58. The minimum Gasteiger partial charge on any atom is -0.316 e. The van der Waals surface area contributed by atoms with E-state index < -0.39 is 0 Å². The third-order valence-corrected chi connectivity index (χ3v) is 4.32. The predicted molar refractivity (Wildman–Crippen MR) is 76.2 cm³/mol. The molecule has 0 spiro atoms. The molecule has 1 N–H and O–H groups in total. The summed E-state index contributed by atoms with van der Waals surface area (Å²) in [6, 6.07) is 0. The molecule has 0 saturated heterocycles. The topological polar surface area (TPSA) is 12.0 Å². The smallest absolute Gasteiger partial charge is 0.00397 e. The van der Waals surface area contributed by atoms with Gasteiger partial charge in [-0.2, -0.15) is 12.6 Å². The summed E-state index contributed by atoms with van der Waals surface area (Å²) in [4.78, 5) is 0. The van der Waals surface area contributed by atoms with Gasteiger partial charge >= 0.3 is 0 Å². The molecule has 96 valence electrons. The van der Waals surface area contributed by atoms with Crippen LogP contribution in [0.25, 0.3) is 0 Å². The fourth-order valence-electron chi connectivity index (χ4n) is 2.91. The van der Waals surface area contributed by atoms with E-state index in [1.807, 2.05) is 0 Å². The second-order valence-corrected chi connectivity index (χ2v) is 6.07. The summed E-state index contributed by atoms with van der Waals surface area (Å²) in [5.41, 5.74) is 0. The zero-order valence-electron chi connectivity index (χ0n) is 11.0. The van der Waals surface area contributed by atoms with E-state index >= 15 is 0 Å². The standard InChI is InChI=1S/C14H29NS/c1-12-6-7-13(2)14(11-12)5-3-4-8-15-9-10-16/h12-16H,3-11H2,1-2H3/t12-,13+,14-/m0/s1. The maximum absolute atomic E-state index is 4.19. The van der Waals surface area contributed by atoms with Crippen molar-refractivity contribution in [2.45, 2.75) is 52.4 Å². The molecule has 0 amide bonds. The van der Waals surface area contributed by atoms with E-state index in [1.165, 1.54) is 45.1 Å². The molecular weight excluding hydrogens is 214 g/mol. The molecule has 0 aromatic carbocycles. The Morgan fingerprint density at radius 2 is 1.94 bits per heavy atom. The van der Waals surface area contributed by atoms with Gasteiger partial charge < -0.3 is 5.32 Å². The monoisotopic (exact) mass is 243 g/mol. The van der Waals surface area contributed by atoms with Gasteiger partial charge in [0.2, 0.25) is 0 Å². The minimum atomic E-state index is 0.956. The summed E-state index contributed by atoms with van der Waals surface area (Å²) < 4.78 is 0. The second-order valence-electron chi connectivity index (χ2n) is 5.62. The van der Waals surface area contributed by atoms with Crippen molar-refractivity contribution in [3.05, 3.63) is 0 Å². The molecular formula is C14H29NS. The third-order valence-electron chi connectivity index (χ3n) is 4.09. The van der Waals surface area contributed by atoms with Crippen molar-refractivity contribution in [3.63, 3.8) is 0 Å². The van der Waals surface area contributed by atoms with Crippen molar-refractivity contribution in [2.75, 3.05) is 18.8 Å². The Balaban J connectivity index is 2.02. The molecule has 0 bridgehead atoms. The van der Waals surface area contributed by atoms with Gasteiger partial charge in [-0.05, 0) is 37.1 Å². The summed E-state index contributed by atoms with van der Waals surface area (Å²) in [6.07, 6.45) is 8.59. The fraction of sp³-hybridized carbons (Fsp3) is 1.00. The van der Waals surface area contributed by atoms with Crippen LogP contribution in [0.1, 0.15) is 52.4 Å². The lowest BCUT2D eigenvalue weighted by Gasteiger charge is -2.32. The van der Waals surface area contributed by atoms with Gasteiger partial charge in [0.05, 0.1) is 0 Å².